The van der Waals surface area contributed by atoms with Gasteiger partial charge in [0.05, 0.1) is 5.92 Å². The summed E-state index contributed by atoms with van der Waals surface area (Å²) < 4.78 is 10.4. The summed E-state index contributed by atoms with van der Waals surface area (Å²) in [5.74, 6) is 0.306. The highest BCUT2D eigenvalue weighted by atomic mass is 16.5. The lowest BCUT2D eigenvalue weighted by Gasteiger charge is -2.14. The van der Waals surface area contributed by atoms with E-state index >= 15 is 0 Å². The van der Waals surface area contributed by atoms with Gasteiger partial charge in [-0.1, -0.05) is 38.5 Å². The van der Waals surface area contributed by atoms with Gasteiger partial charge in [-0.05, 0) is 18.6 Å². The minimum absolute atomic E-state index is 0.0281. The first-order chi connectivity index (χ1) is 9.13. The van der Waals surface area contributed by atoms with Crippen LogP contribution in [0.25, 0.3) is 0 Å². The lowest BCUT2D eigenvalue weighted by molar-refractivity contribution is -0.151. The second-order valence-corrected chi connectivity index (χ2v) is 4.60. The van der Waals surface area contributed by atoms with Crippen LogP contribution >= 0.6 is 0 Å². The minimum atomic E-state index is -0.807. The molecule has 0 aromatic heterocycles. The van der Waals surface area contributed by atoms with E-state index in [9.17, 15) is 9.90 Å². The number of ether oxygens (including phenoxy) is 2. The second kappa shape index (κ2) is 8.53. The van der Waals surface area contributed by atoms with E-state index < -0.39 is 6.10 Å². The molecule has 0 heterocycles. The van der Waals surface area contributed by atoms with E-state index in [1.165, 1.54) is 0 Å². The van der Waals surface area contributed by atoms with Crippen LogP contribution in [0.2, 0.25) is 0 Å². The van der Waals surface area contributed by atoms with E-state index in [2.05, 4.69) is 0 Å². The number of aliphatic hydroxyl groups is 1. The molecule has 0 saturated carbocycles. The van der Waals surface area contributed by atoms with Crippen molar-refractivity contribution in [1.82, 2.24) is 0 Å². The molecule has 0 radical (unpaired) electrons. The van der Waals surface area contributed by atoms with Crippen LogP contribution in [0.4, 0.5) is 0 Å². The van der Waals surface area contributed by atoms with Crippen LogP contribution < -0.4 is 4.74 Å². The number of rotatable bonds is 8. The van der Waals surface area contributed by atoms with Gasteiger partial charge in [-0.2, -0.15) is 0 Å². The summed E-state index contributed by atoms with van der Waals surface area (Å²) in [7, 11) is 0. The SMILES string of the molecule is CCCC(C)C(=O)OCC(O)COc1ccccc1. The zero-order valence-corrected chi connectivity index (χ0v) is 11.5. The Morgan fingerprint density at radius 3 is 2.58 bits per heavy atom. The third-order valence-electron chi connectivity index (χ3n) is 2.73. The summed E-state index contributed by atoms with van der Waals surface area (Å²) in [5, 5.41) is 9.67. The maximum atomic E-state index is 11.5. The largest absolute Gasteiger partial charge is 0.491 e. The van der Waals surface area contributed by atoms with Crippen LogP contribution in [-0.2, 0) is 9.53 Å². The molecular formula is C15H22O4. The van der Waals surface area contributed by atoms with Gasteiger partial charge in [-0.3, -0.25) is 4.79 Å². The molecule has 19 heavy (non-hydrogen) atoms. The Kier molecular flexibility index (Phi) is 6.97. The van der Waals surface area contributed by atoms with E-state index in [1.54, 1.807) is 0 Å². The molecule has 0 amide bonds. The Hall–Kier alpha value is -1.55. The molecule has 0 aliphatic rings. The number of aliphatic hydroxyl groups excluding tert-OH is 1. The molecule has 4 heteroatoms. The van der Waals surface area contributed by atoms with E-state index in [4.69, 9.17) is 9.47 Å². The molecule has 0 aliphatic carbocycles. The molecule has 1 aromatic carbocycles. The summed E-state index contributed by atoms with van der Waals surface area (Å²) in [6, 6.07) is 9.21. The van der Waals surface area contributed by atoms with Crippen molar-refractivity contribution in [2.45, 2.75) is 32.8 Å². The quantitative estimate of drug-likeness (QED) is 0.734. The van der Waals surface area contributed by atoms with Crippen LogP contribution in [0.5, 0.6) is 5.75 Å². The molecule has 0 aliphatic heterocycles. The predicted molar refractivity (Wildman–Crippen MR) is 73.0 cm³/mol. The summed E-state index contributed by atoms with van der Waals surface area (Å²) in [6.07, 6.45) is 0.934. The van der Waals surface area contributed by atoms with Crippen molar-refractivity contribution >= 4 is 5.97 Å². The Labute approximate surface area is 114 Å². The topological polar surface area (TPSA) is 55.8 Å². The highest BCUT2D eigenvalue weighted by Gasteiger charge is 2.15. The normalized spacial score (nSPS) is 13.6. The van der Waals surface area contributed by atoms with Crippen LogP contribution in [0, 0.1) is 5.92 Å². The van der Waals surface area contributed by atoms with Gasteiger partial charge >= 0.3 is 5.97 Å². The highest BCUT2D eigenvalue weighted by Crippen LogP contribution is 2.10. The van der Waals surface area contributed by atoms with Gasteiger partial charge in [0.15, 0.2) is 0 Å². The molecule has 2 atom stereocenters. The molecule has 1 aromatic rings. The highest BCUT2D eigenvalue weighted by molar-refractivity contribution is 5.71. The molecule has 0 bridgehead atoms. The van der Waals surface area contributed by atoms with Crippen molar-refractivity contribution < 1.29 is 19.4 Å². The van der Waals surface area contributed by atoms with Gasteiger partial charge in [0, 0.05) is 0 Å². The number of esters is 1. The number of para-hydroxylation sites is 1. The van der Waals surface area contributed by atoms with Crippen molar-refractivity contribution in [1.29, 1.82) is 0 Å². The summed E-state index contributed by atoms with van der Waals surface area (Å²) in [4.78, 5) is 11.5. The zero-order valence-electron chi connectivity index (χ0n) is 11.5. The van der Waals surface area contributed by atoms with Crippen LogP contribution in [-0.4, -0.2) is 30.4 Å². The Morgan fingerprint density at radius 2 is 1.95 bits per heavy atom. The molecule has 106 valence electrons. The first-order valence-corrected chi connectivity index (χ1v) is 6.66. The van der Waals surface area contributed by atoms with Gasteiger partial charge in [-0.25, -0.2) is 0 Å². The van der Waals surface area contributed by atoms with Crippen molar-refractivity contribution in [3.8, 4) is 5.75 Å². The fraction of sp³-hybridized carbons (Fsp3) is 0.533. The minimum Gasteiger partial charge on any atom is -0.491 e. The Morgan fingerprint density at radius 1 is 1.26 bits per heavy atom. The van der Waals surface area contributed by atoms with Crippen LogP contribution in [0.3, 0.4) is 0 Å². The van der Waals surface area contributed by atoms with Crippen molar-refractivity contribution in [2.24, 2.45) is 5.92 Å². The first kappa shape index (κ1) is 15.5. The van der Waals surface area contributed by atoms with E-state index in [0.717, 1.165) is 12.8 Å². The first-order valence-electron chi connectivity index (χ1n) is 6.66. The predicted octanol–water partition coefficient (Wildman–Crippen LogP) is 2.41. The average molecular weight is 266 g/mol. The van der Waals surface area contributed by atoms with Crippen molar-refractivity contribution in [2.75, 3.05) is 13.2 Å². The monoisotopic (exact) mass is 266 g/mol. The number of hydrogen-bond acceptors (Lipinski definition) is 4. The fourth-order valence-corrected chi connectivity index (χ4v) is 1.63. The maximum absolute atomic E-state index is 11.5. The molecule has 0 spiro atoms. The molecule has 0 fully saturated rings. The number of carbonyl (C=O) groups excluding carboxylic acids is 1. The van der Waals surface area contributed by atoms with Gasteiger partial charge in [-0.15, -0.1) is 0 Å². The average Bonchev–Trinajstić information content (AvgIpc) is 2.43. The smallest absolute Gasteiger partial charge is 0.308 e. The summed E-state index contributed by atoms with van der Waals surface area (Å²) in [5.41, 5.74) is 0. The lowest BCUT2D eigenvalue weighted by atomic mass is 10.1. The Bertz CT molecular complexity index is 364. The van der Waals surface area contributed by atoms with Gasteiger partial charge in [0.25, 0.3) is 0 Å². The lowest BCUT2D eigenvalue weighted by Crippen LogP contribution is -2.27. The second-order valence-electron chi connectivity index (χ2n) is 4.60. The third kappa shape index (κ3) is 6.25. The number of hydrogen-bond donors (Lipinski definition) is 1. The van der Waals surface area contributed by atoms with Crippen LogP contribution in [0.15, 0.2) is 30.3 Å². The van der Waals surface area contributed by atoms with Gasteiger partial charge < -0.3 is 14.6 Å². The third-order valence-corrected chi connectivity index (χ3v) is 2.73. The van der Waals surface area contributed by atoms with Crippen LogP contribution in [0.1, 0.15) is 26.7 Å². The standard InChI is InChI=1S/C15H22O4/c1-3-7-12(2)15(17)19-11-13(16)10-18-14-8-5-4-6-9-14/h4-6,8-9,12-13,16H,3,7,10-11H2,1-2H3. The number of carbonyl (C=O) groups is 1. The Balaban J connectivity index is 2.21. The van der Waals surface area contributed by atoms with Gasteiger partial charge in [0.2, 0.25) is 0 Å². The zero-order chi connectivity index (χ0) is 14.1. The molecule has 2 unspecified atom stereocenters. The maximum Gasteiger partial charge on any atom is 0.308 e. The van der Waals surface area contributed by atoms with Crippen molar-refractivity contribution in [3.05, 3.63) is 30.3 Å². The summed E-state index contributed by atoms with van der Waals surface area (Å²) >= 11 is 0. The number of benzene rings is 1. The molecule has 1 rings (SSSR count). The molecule has 4 nitrogen and oxygen atoms in total. The molecule has 0 saturated heterocycles. The van der Waals surface area contributed by atoms with E-state index in [0.29, 0.717) is 5.75 Å². The molecule has 1 N–H and O–H groups in total. The fourth-order valence-electron chi connectivity index (χ4n) is 1.63. The van der Waals surface area contributed by atoms with Gasteiger partial charge in [0.1, 0.15) is 25.1 Å². The van der Waals surface area contributed by atoms with Crippen molar-refractivity contribution in [3.63, 3.8) is 0 Å². The van der Waals surface area contributed by atoms with E-state index in [-0.39, 0.29) is 25.1 Å². The van der Waals surface area contributed by atoms with E-state index in [1.807, 2.05) is 44.2 Å². The molecular weight excluding hydrogens is 244 g/mol. The summed E-state index contributed by atoms with van der Waals surface area (Å²) in [6.45, 7) is 3.93.